The maximum atomic E-state index is 7.65. The van der Waals surface area contributed by atoms with Gasteiger partial charge in [0.1, 0.15) is 0 Å². The van der Waals surface area contributed by atoms with Crippen molar-refractivity contribution in [2.75, 3.05) is 0 Å². The van der Waals surface area contributed by atoms with Crippen molar-refractivity contribution in [1.82, 2.24) is 0 Å². The molecule has 0 saturated carbocycles. The second-order valence-corrected chi connectivity index (χ2v) is 6.49. The van der Waals surface area contributed by atoms with Gasteiger partial charge >= 0.3 is 0 Å². The van der Waals surface area contributed by atoms with E-state index >= 15 is 0 Å². The molecule has 4 heteroatoms. The second kappa shape index (κ2) is 25.8. The molecule has 0 fully saturated rings. The van der Waals surface area contributed by atoms with Crippen LogP contribution in [-0.4, -0.2) is 9.49 Å². The third-order valence-electron chi connectivity index (χ3n) is 3.35. The number of aliphatic hydroxyl groups excluding tert-OH is 1. The van der Waals surface area contributed by atoms with E-state index in [-0.39, 0.29) is 23.9 Å². The zero-order valence-corrected chi connectivity index (χ0v) is 18.8. The summed E-state index contributed by atoms with van der Waals surface area (Å²) in [4.78, 5) is 0. The van der Waals surface area contributed by atoms with Crippen molar-refractivity contribution in [1.29, 1.82) is 0 Å². The van der Waals surface area contributed by atoms with E-state index in [1.54, 1.807) is 0 Å². The SMILES string of the molecule is OC(=S)S.[CH2-]CCCCCCCCCCCCCCC.[Zn]. The molecule has 1 nitrogen and oxygen atoms in total. The Bertz CT molecular complexity index is 172. The van der Waals surface area contributed by atoms with Crippen LogP contribution in [0.4, 0.5) is 0 Å². The van der Waals surface area contributed by atoms with E-state index in [1.807, 2.05) is 0 Å². The summed E-state index contributed by atoms with van der Waals surface area (Å²) in [7, 11) is 0. The largest absolute Gasteiger partial charge is 0.494 e. The van der Waals surface area contributed by atoms with Gasteiger partial charge in [-0.2, -0.15) is 6.42 Å². The molecule has 0 spiro atoms. The zero-order valence-electron chi connectivity index (χ0n) is 14.1. The van der Waals surface area contributed by atoms with E-state index < -0.39 is 0 Å². The van der Waals surface area contributed by atoms with E-state index in [2.05, 4.69) is 38.7 Å². The number of rotatable bonds is 13. The molecule has 124 valence electrons. The van der Waals surface area contributed by atoms with E-state index in [9.17, 15) is 0 Å². The maximum absolute atomic E-state index is 7.65. The molecule has 21 heavy (non-hydrogen) atoms. The van der Waals surface area contributed by atoms with E-state index in [1.165, 1.54) is 83.5 Å². The smallest absolute Gasteiger partial charge is 0.214 e. The number of unbranched alkanes of at least 4 members (excludes halogenated alkanes) is 13. The molecular weight excluding hydrogens is 350 g/mol. The summed E-state index contributed by atoms with van der Waals surface area (Å²) in [5.41, 5.74) is 0. The second-order valence-electron chi connectivity index (χ2n) is 5.38. The molecule has 0 atom stereocenters. The van der Waals surface area contributed by atoms with Gasteiger partial charge in [-0.25, -0.2) is 0 Å². The molecule has 0 radical (unpaired) electrons. The van der Waals surface area contributed by atoms with Gasteiger partial charge in [0.25, 0.3) is 0 Å². The monoisotopic (exact) mass is 383 g/mol. The molecule has 0 heterocycles. The van der Waals surface area contributed by atoms with Gasteiger partial charge < -0.3 is 12.0 Å². The number of aliphatic hydroxyl groups is 1. The molecule has 0 saturated heterocycles. The van der Waals surface area contributed by atoms with Gasteiger partial charge in [0, 0.05) is 19.5 Å². The van der Waals surface area contributed by atoms with Crippen LogP contribution in [0.2, 0.25) is 0 Å². The van der Waals surface area contributed by atoms with Gasteiger partial charge in [-0.3, -0.25) is 0 Å². The fraction of sp³-hybridized carbons (Fsp3) is 0.882. The Balaban J connectivity index is -0.000000572. The first-order valence-electron chi connectivity index (χ1n) is 8.36. The van der Waals surface area contributed by atoms with Crippen molar-refractivity contribution < 1.29 is 24.6 Å². The minimum atomic E-state index is -0.306. The van der Waals surface area contributed by atoms with Crippen molar-refractivity contribution >= 4 is 29.2 Å². The summed E-state index contributed by atoms with van der Waals surface area (Å²) in [6.45, 7) is 6.16. The molecule has 0 aromatic carbocycles. The van der Waals surface area contributed by atoms with Crippen LogP contribution in [0.3, 0.4) is 0 Å². The Morgan fingerprint density at radius 1 is 0.810 bits per heavy atom. The van der Waals surface area contributed by atoms with Gasteiger partial charge in [0.2, 0.25) is 4.38 Å². The zero-order chi connectivity index (χ0) is 15.5. The van der Waals surface area contributed by atoms with E-state index in [4.69, 9.17) is 5.11 Å². The fourth-order valence-corrected chi connectivity index (χ4v) is 2.19. The average molecular weight is 385 g/mol. The van der Waals surface area contributed by atoms with Crippen molar-refractivity contribution in [2.24, 2.45) is 0 Å². The molecule has 0 unspecified atom stereocenters. The Hall–Kier alpha value is 0.863. The maximum Gasteiger partial charge on any atom is 0.214 e. The summed E-state index contributed by atoms with van der Waals surface area (Å²) in [6.07, 6.45) is 19.8. The third kappa shape index (κ3) is 38.6. The third-order valence-corrected chi connectivity index (χ3v) is 3.35. The van der Waals surface area contributed by atoms with Crippen molar-refractivity contribution in [3.05, 3.63) is 6.92 Å². The number of hydrogen-bond donors (Lipinski definition) is 2. The minimum Gasteiger partial charge on any atom is -0.494 e. The van der Waals surface area contributed by atoms with Crippen LogP contribution in [-0.2, 0) is 19.5 Å². The summed E-state index contributed by atoms with van der Waals surface area (Å²) in [6, 6.07) is 0. The minimum absolute atomic E-state index is 0. The molecule has 1 N–H and O–H groups in total. The molecule has 0 aromatic heterocycles. The van der Waals surface area contributed by atoms with E-state index in [0.29, 0.717) is 0 Å². The van der Waals surface area contributed by atoms with Crippen LogP contribution in [0.5, 0.6) is 0 Å². The van der Waals surface area contributed by atoms with Gasteiger partial charge in [-0.05, 0) is 12.2 Å². The van der Waals surface area contributed by atoms with Gasteiger partial charge in [0.15, 0.2) is 0 Å². The first-order valence-corrected chi connectivity index (χ1v) is 9.21. The molecular formula is C17H35OS2Zn-. The molecule has 0 aliphatic rings. The summed E-state index contributed by atoms with van der Waals surface area (Å²) in [5, 5.41) is 7.65. The normalized spacial score (nSPS) is 9.48. The Labute approximate surface area is 157 Å². The Morgan fingerprint density at radius 2 is 1.05 bits per heavy atom. The van der Waals surface area contributed by atoms with Crippen molar-refractivity contribution in [3.8, 4) is 0 Å². The molecule has 0 aliphatic heterocycles. The Morgan fingerprint density at radius 3 is 1.29 bits per heavy atom. The predicted molar refractivity (Wildman–Crippen MR) is 99.9 cm³/mol. The van der Waals surface area contributed by atoms with Crippen LogP contribution in [0.1, 0.15) is 96.8 Å². The first-order chi connectivity index (χ1) is 9.65. The summed E-state index contributed by atoms with van der Waals surface area (Å²) < 4.78 is -0.306. The fourth-order valence-electron chi connectivity index (χ4n) is 2.19. The first kappa shape index (κ1) is 26.7. The van der Waals surface area contributed by atoms with E-state index in [0.717, 1.165) is 6.42 Å². The average Bonchev–Trinajstić information content (AvgIpc) is 2.39. The number of thiol groups is 1. The van der Waals surface area contributed by atoms with Crippen LogP contribution in [0.25, 0.3) is 0 Å². The van der Waals surface area contributed by atoms with Crippen LogP contribution in [0, 0.1) is 6.92 Å². The van der Waals surface area contributed by atoms with Crippen molar-refractivity contribution in [3.63, 3.8) is 0 Å². The number of hydrogen-bond acceptors (Lipinski definition) is 1. The summed E-state index contributed by atoms with van der Waals surface area (Å²) >= 11 is 7.21. The molecule has 0 aromatic rings. The topological polar surface area (TPSA) is 20.2 Å². The quantitative estimate of drug-likeness (QED) is 0.116. The predicted octanol–water partition coefficient (Wildman–Crippen LogP) is 7.06. The van der Waals surface area contributed by atoms with Gasteiger partial charge in [0.05, 0.1) is 0 Å². The standard InChI is InChI=1S/C16H33.CH2OS2.Zn/c1-3-5-7-9-11-13-15-16-14-12-10-8-6-4-2;2-1(3)4;/h1,3-16H2,2H3;(H2,2,3,4);/q-1;;. The molecule has 0 amide bonds. The van der Waals surface area contributed by atoms with Crippen LogP contribution < -0.4 is 0 Å². The Kier molecular flexibility index (Phi) is 32.9. The number of thiocarbonyl (C=S) groups is 1. The summed E-state index contributed by atoms with van der Waals surface area (Å²) in [5.74, 6) is 0. The van der Waals surface area contributed by atoms with Gasteiger partial charge in [-0.1, -0.05) is 103 Å². The molecule has 0 aliphatic carbocycles. The van der Waals surface area contributed by atoms with Gasteiger partial charge in [-0.15, -0.1) is 0 Å². The van der Waals surface area contributed by atoms with Crippen molar-refractivity contribution in [2.45, 2.75) is 96.8 Å². The van der Waals surface area contributed by atoms with Crippen LogP contribution >= 0.6 is 24.8 Å². The molecule has 0 bridgehead atoms. The van der Waals surface area contributed by atoms with Crippen LogP contribution in [0.15, 0.2) is 0 Å². The molecule has 0 rings (SSSR count).